The van der Waals surface area contributed by atoms with Gasteiger partial charge in [0.2, 0.25) is 0 Å². The number of ketones is 1. The van der Waals surface area contributed by atoms with Crippen molar-refractivity contribution in [3.8, 4) is 0 Å². The Labute approximate surface area is 144 Å². The summed E-state index contributed by atoms with van der Waals surface area (Å²) < 4.78 is 12.5. The van der Waals surface area contributed by atoms with Gasteiger partial charge in [0, 0.05) is 44.9 Å². The van der Waals surface area contributed by atoms with E-state index in [-0.39, 0.29) is 11.4 Å². The summed E-state index contributed by atoms with van der Waals surface area (Å²) in [6, 6.07) is 5.90. The topological polar surface area (TPSA) is 48.4 Å². The van der Waals surface area contributed by atoms with Gasteiger partial charge in [0.1, 0.15) is 5.03 Å². The molecule has 122 valence electrons. The number of nitrogens with zero attached hydrogens (tertiary/aromatic N) is 1. The van der Waals surface area contributed by atoms with Gasteiger partial charge < -0.3 is 9.47 Å². The van der Waals surface area contributed by atoms with Gasteiger partial charge in [0.05, 0.1) is 9.81 Å². The first kappa shape index (κ1) is 16.6. The third-order valence-electron chi connectivity index (χ3n) is 4.14. The molecule has 0 unspecified atom stereocenters. The van der Waals surface area contributed by atoms with Gasteiger partial charge in [-0.25, -0.2) is 4.98 Å². The van der Waals surface area contributed by atoms with Crippen molar-refractivity contribution in [1.82, 2.24) is 4.98 Å². The van der Waals surface area contributed by atoms with Gasteiger partial charge in [0.25, 0.3) is 0 Å². The third kappa shape index (κ3) is 3.66. The lowest BCUT2D eigenvalue weighted by Crippen LogP contribution is -2.35. The fourth-order valence-electron chi connectivity index (χ4n) is 2.67. The van der Waals surface area contributed by atoms with Crippen molar-refractivity contribution in [1.29, 1.82) is 0 Å². The van der Waals surface area contributed by atoms with E-state index in [1.807, 2.05) is 12.1 Å². The third-order valence-corrected chi connectivity index (χ3v) is 6.17. The van der Waals surface area contributed by atoms with Crippen molar-refractivity contribution >= 4 is 28.9 Å². The van der Waals surface area contributed by atoms with Crippen LogP contribution in [-0.4, -0.2) is 31.1 Å². The Bertz CT molecular complexity index is 675. The molecule has 0 aliphatic carbocycles. The molecule has 0 saturated carbocycles. The second kappa shape index (κ2) is 7.13. The Balaban J connectivity index is 1.75. The highest BCUT2D eigenvalue weighted by Gasteiger charge is 2.35. The molecule has 23 heavy (non-hydrogen) atoms. The van der Waals surface area contributed by atoms with E-state index in [9.17, 15) is 4.79 Å². The number of rotatable bonds is 5. The largest absolute Gasteiger partial charge is 0.381 e. The summed E-state index contributed by atoms with van der Waals surface area (Å²) in [6.45, 7) is 3.02. The smallest absolute Gasteiger partial charge is 0.161 e. The molecule has 0 amide bonds. The highest BCUT2D eigenvalue weighted by Crippen LogP contribution is 2.41. The predicted molar refractivity (Wildman–Crippen MR) is 91.4 cm³/mol. The number of carbonyl (C=O) groups excluding carboxylic acids is 1. The van der Waals surface area contributed by atoms with Gasteiger partial charge >= 0.3 is 0 Å². The van der Waals surface area contributed by atoms with Crippen LogP contribution in [0.15, 0.2) is 39.0 Å². The molecule has 4 nitrogen and oxygen atoms in total. The minimum atomic E-state index is -0.223. The van der Waals surface area contributed by atoms with E-state index in [1.54, 1.807) is 43.3 Å². The van der Waals surface area contributed by atoms with E-state index in [1.165, 1.54) is 9.77 Å². The standard InChI is InChI=1S/C17H19NO3S2/c1-12(19)13-3-4-15(18-10-13)23-16-9-14(11-22-16)17(20-2)5-7-21-8-6-17/h3-4,9-11H,5-8H2,1-2H3. The minimum absolute atomic E-state index is 0.0361. The molecule has 3 rings (SSSR count). The average molecular weight is 349 g/mol. The number of thiophene rings is 1. The number of hydrogen-bond acceptors (Lipinski definition) is 6. The van der Waals surface area contributed by atoms with Gasteiger partial charge in [-0.3, -0.25) is 4.79 Å². The van der Waals surface area contributed by atoms with E-state index in [0.29, 0.717) is 5.56 Å². The molecule has 2 aromatic rings. The number of methoxy groups -OCH3 is 1. The van der Waals surface area contributed by atoms with Gasteiger partial charge in [0.15, 0.2) is 5.78 Å². The zero-order valence-corrected chi connectivity index (χ0v) is 14.8. The molecule has 2 aromatic heterocycles. The van der Waals surface area contributed by atoms with E-state index in [0.717, 1.165) is 31.1 Å². The van der Waals surface area contributed by atoms with E-state index < -0.39 is 0 Å². The fourth-order valence-corrected chi connectivity index (χ4v) is 4.62. The SMILES string of the molecule is COC1(c2csc(Sc3ccc(C(C)=O)cn3)c2)CCOCC1. The van der Waals surface area contributed by atoms with Crippen molar-refractivity contribution in [3.63, 3.8) is 0 Å². The summed E-state index contributed by atoms with van der Waals surface area (Å²) in [5, 5.41) is 3.06. The number of hydrogen-bond donors (Lipinski definition) is 0. The van der Waals surface area contributed by atoms with Crippen LogP contribution in [0.5, 0.6) is 0 Å². The molecule has 1 aliphatic heterocycles. The van der Waals surface area contributed by atoms with Crippen LogP contribution in [-0.2, 0) is 15.1 Å². The summed E-state index contributed by atoms with van der Waals surface area (Å²) >= 11 is 3.31. The molecule has 0 bridgehead atoms. The molecule has 0 radical (unpaired) electrons. The lowest BCUT2D eigenvalue weighted by Gasteiger charge is -2.35. The van der Waals surface area contributed by atoms with Crippen molar-refractivity contribution < 1.29 is 14.3 Å². The highest BCUT2D eigenvalue weighted by atomic mass is 32.2. The first-order chi connectivity index (χ1) is 11.1. The second-order valence-corrected chi connectivity index (χ2v) is 7.74. The summed E-state index contributed by atoms with van der Waals surface area (Å²) in [5.41, 5.74) is 1.64. The quantitative estimate of drug-likeness (QED) is 0.759. The van der Waals surface area contributed by atoms with Crippen LogP contribution >= 0.6 is 23.1 Å². The van der Waals surface area contributed by atoms with Crippen LogP contribution in [0.25, 0.3) is 0 Å². The van der Waals surface area contributed by atoms with E-state index >= 15 is 0 Å². The van der Waals surface area contributed by atoms with Crippen molar-refractivity contribution in [2.75, 3.05) is 20.3 Å². The summed E-state index contributed by atoms with van der Waals surface area (Å²) in [6.07, 6.45) is 3.40. The fraction of sp³-hybridized carbons (Fsp3) is 0.412. The van der Waals surface area contributed by atoms with Gasteiger partial charge in [-0.15, -0.1) is 11.3 Å². The summed E-state index contributed by atoms with van der Waals surface area (Å²) in [5.74, 6) is 0.0361. The number of aromatic nitrogens is 1. The second-order valence-electron chi connectivity index (χ2n) is 5.51. The van der Waals surface area contributed by atoms with Gasteiger partial charge in [-0.2, -0.15) is 0 Å². The number of ether oxygens (including phenoxy) is 2. The monoisotopic (exact) mass is 349 g/mol. The zero-order chi connectivity index (χ0) is 16.3. The first-order valence-electron chi connectivity index (χ1n) is 7.50. The van der Waals surface area contributed by atoms with Crippen LogP contribution in [0.3, 0.4) is 0 Å². The zero-order valence-electron chi connectivity index (χ0n) is 13.2. The molecule has 0 N–H and O–H groups in total. The van der Waals surface area contributed by atoms with Crippen LogP contribution < -0.4 is 0 Å². The maximum absolute atomic E-state index is 11.3. The maximum atomic E-state index is 11.3. The summed E-state index contributed by atoms with van der Waals surface area (Å²) in [7, 11) is 1.78. The minimum Gasteiger partial charge on any atom is -0.381 e. The molecule has 6 heteroatoms. The average Bonchev–Trinajstić information content (AvgIpc) is 3.05. The summed E-state index contributed by atoms with van der Waals surface area (Å²) in [4.78, 5) is 15.6. The first-order valence-corrected chi connectivity index (χ1v) is 9.19. The molecule has 0 aromatic carbocycles. The Kier molecular flexibility index (Phi) is 5.16. The van der Waals surface area contributed by atoms with Gasteiger partial charge in [-0.1, -0.05) is 11.8 Å². The van der Waals surface area contributed by atoms with Crippen LogP contribution in [0, 0.1) is 0 Å². The van der Waals surface area contributed by atoms with Crippen molar-refractivity contribution in [2.24, 2.45) is 0 Å². The van der Waals surface area contributed by atoms with Crippen LogP contribution in [0.1, 0.15) is 35.7 Å². The molecule has 3 heterocycles. The van der Waals surface area contributed by atoms with Crippen LogP contribution in [0.4, 0.5) is 0 Å². The van der Waals surface area contributed by atoms with E-state index in [4.69, 9.17) is 9.47 Å². The molecule has 1 fully saturated rings. The number of Topliss-reactive ketones (excluding diaryl/α,β-unsaturated/α-hetero) is 1. The predicted octanol–water partition coefficient (Wildman–Crippen LogP) is 4.15. The molecular weight excluding hydrogens is 330 g/mol. The highest BCUT2D eigenvalue weighted by molar-refractivity contribution is 8.01. The molecule has 0 spiro atoms. The lowest BCUT2D eigenvalue weighted by atomic mass is 9.88. The van der Waals surface area contributed by atoms with Crippen molar-refractivity contribution in [2.45, 2.75) is 34.6 Å². The molecule has 0 atom stereocenters. The number of carbonyl (C=O) groups is 1. The number of pyridine rings is 1. The normalized spacial score (nSPS) is 17.1. The Morgan fingerprint density at radius 1 is 1.39 bits per heavy atom. The van der Waals surface area contributed by atoms with Crippen LogP contribution in [0.2, 0.25) is 0 Å². The Morgan fingerprint density at radius 2 is 2.17 bits per heavy atom. The van der Waals surface area contributed by atoms with Crippen molar-refractivity contribution in [3.05, 3.63) is 40.9 Å². The lowest BCUT2D eigenvalue weighted by molar-refractivity contribution is -0.0946. The molecule has 1 saturated heterocycles. The molecule has 1 aliphatic rings. The Hall–Kier alpha value is -1.21. The molecular formula is C17H19NO3S2. The van der Waals surface area contributed by atoms with Gasteiger partial charge in [-0.05, 0) is 36.1 Å². The Morgan fingerprint density at radius 3 is 2.78 bits per heavy atom. The van der Waals surface area contributed by atoms with E-state index in [2.05, 4.69) is 16.4 Å². The maximum Gasteiger partial charge on any atom is 0.161 e.